The van der Waals surface area contributed by atoms with E-state index in [1.54, 1.807) is 0 Å². The minimum atomic E-state index is 0.0515. The first-order chi connectivity index (χ1) is 12.2. The predicted molar refractivity (Wildman–Crippen MR) is 101 cm³/mol. The van der Waals surface area contributed by atoms with E-state index < -0.39 is 0 Å². The van der Waals surface area contributed by atoms with Crippen LogP contribution in [0.2, 0.25) is 0 Å². The van der Waals surface area contributed by atoms with Gasteiger partial charge in [-0.15, -0.1) is 0 Å². The Bertz CT molecular complexity index is 1010. The Morgan fingerprint density at radius 2 is 1.76 bits per heavy atom. The van der Waals surface area contributed by atoms with Crippen molar-refractivity contribution in [1.82, 2.24) is 4.57 Å². The van der Waals surface area contributed by atoms with Crippen LogP contribution >= 0.6 is 0 Å². The van der Waals surface area contributed by atoms with Crippen LogP contribution in [0.25, 0.3) is 10.9 Å². The van der Waals surface area contributed by atoms with Crippen molar-refractivity contribution in [2.45, 2.75) is 19.4 Å². The molecule has 0 N–H and O–H groups in total. The number of para-hydroxylation sites is 1. The summed E-state index contributed by atoms with van der Waals surface area (Å²) in [5.74, 6) is 0.940. The van der Waals surface area contributed by atoms with Crippen LogP contribution in [0.15, 0.2) is 59.4 Å². The molecule has 126 valence electrons. The van der Waals surface area contributed by atoms with Crippen molar-refractivity contribution in [2.75, 3.05) is 18.5 Å². The first-order valence-electron chi connectivity index (χ1n) is 8.60. The highest BCUT2D eigenvalue weighted by Gasteiger charge is 2.24. The van der Waals surface area contributed by atoms with Gasteiger partial charge in [-0.2, -0.15) is 0 Å². The van der Waals surface area contributed by atoms with Crippen LogP contribution in [-0.2, 0) is 13.0 Å². The van der Waals surface area contributed by atoms with Gasteiger partial charge in [-0.1, -0.05) is 42.5 Å². The number of nitrogens with zero attached hydrogens (tertiary/aromatic N) is 2. The van der Waals surface area contributed by atoms with Crippen molar-refractivity contribution < 1.29 is 4.79 Å². The Balaban J connectivity index is 1.93. The van der Waals surface area contributed by atoms with Crippen LogP contribution in [0, 0.1) is 0 Å². The van der Waals surface area contributed by atoms with E-state index in [2.05, 4.69) is 4.90 Å². The fourth-order valence-electron chi connectivity index (χ4n) is 3.72. The maximum Gasteiger partial charge on any atom is 0.194 e. The third-order valence-electron chi connectivity index (χ3n) is 4.92. The molecular formula is C21H20N2O2. The summed E-state index contributed by atoms with van der Waals surface area (Å²) >= 11 is 0. The van der Waals surface area contributed by atoms with Gasteiger partial charge in [-0.05, 0) is 25.0 Å². The summed E-state index contributed by atoms with van der Waals surface area (Å²) in [5.41, 5.74) is 2.44. The highest BCUT2D eigenvalue weighted by Crippen LogP contribution is 2.28. The van der Waals surface area contributed by atoms with E-state index >= 15 is 0 Å². The summed E-state index contributed by atoms with van der Waals surface area (Å²) in [6, 6.07) is 16.9. The Kier molecular flexibility index (Phi) is 3.88. The van der Waals surface area contributed by atoms with Gasteiger partial charge in [0.1, 0.15) is 5.82 Å². The monoisotopic (exact) mass is 332 g/mol. The van der Waals surface area contributed by atoms with Crippen molar-refractivity contribution >= 4 is 22.5 Å². The zero-order valence-corrected chi connectivity index (χ0v) is 14.2. The maximum atomic E-state index is 12.9. The number of anilines is 1. The molecule has 0 aliphatic carbocycles. The highest BCUT2D eigenvalue weighted by atomic mass is 16.1. The second-order valence-electron chi connectivity index (χ2n) is 6.55. The maximum absolute atomic E-state index is 12.9. The summed E-state index contributed by atoms with van der Waals surface area (Å²) in [6.07, 6.45) is 1.73. The molecule has 0 unspecified atom stereocenters. The van der Waals surface area contributed by atoms with E-state index in [-0.39, 0.29) is 17.8 Å². The van der Waals surface area contributed by atoms with E-state index in [4.69, 9.17) is 0 Å². The number of pyridine rings is 1. The molecule has 0 radical (unpaired) electrons. The SMILES string of the molecule is CN1CCCc2c1n(CC(=O)c1ccccc1)c1ccccc1c2=O. The molecule has 0 saturated heterocycles. The zero-order chi connectivity index (χ0) is 17.4. The third-order valence-corrected chi connectivity index (χ3v) is 4.92. The van der Waals surface area contributed by atoms with Gasteiger partial charge in [-0.25, -0.2) is 0 Å². The molecule has 0 spiro atoms. The fraction of sp³-hybridized carbons (Fsp3) is 0.238. The number of fused-ring (bicyclic) bond motifs is 2. The average Bonchev–Trinajstić information content (AvgIpc) is 2.66. The largest absolute Gasteiger partial charge is 0.361 e. The predicted octanol–water partition coefficient (Wildman–Crippen LogP) is 3.27. The van der Waals surface area contributed by atoms with E-state index in [0.717, 1.165) is 36.3 Å². The summed E-state index contributed by atoms with van der Waals surface area (Å²) in [4.78, 5) is 27.8. The number of Topliss-reactive ketones (excluding diaryl/α,β-unsaturated/α-hetero) is 1. The molecule has 1 aliphatic rings. The summed E-state index contributed by atoms with van der Waals surface area (Å²) in [5, 5.41) is 0.692. The molecule has 0 atom stereocenters. The molecule has 0 saturated carbocycles. The van der Waals surface area contributed by atoms with Crippen molar-refractivity contribution in [3.8, 4) is 0 Å². The van der Waals surface area contributed by atoms with Crippen molar-refractivity contribution in [1.29, 1.82) is 0 Å². The number of aromatic nitrogens is 1. The Labute approximate surface area is 146 Å². The molecule has 2 heterocycles. The first kappa shape index (κ1) is 15.6. The molecule has 4 nitrogen and oxygen atoms in total. The number of ketones is 1. The number of hydrogen-bond acceptors (Lipinski definition) is 3. The number of carbonyl (C=O) groups excluding carboxylic acids is 1. The molecule has 0 amide bonds. The van der Waals surface area contributed by atoms with E-state index in [1.807, 2.05) is 66.2 Å². The minimum absolute atomic E-state index is 0.0515. The quantitative estimate of drug-likeness (QED) is 0.691. The molecule has 4 heteroatoms. The number of rotatable bonds is 3. The Hall–Kier alpha value is -2.88. The van der Waals surface area contributed by atoms with Gasteiger partial charge in [0, 0.05) is 30.1 Å². The Morgan fingerprint density at radius 3 is 2.56 bits per heavy atom. The lowest BCUT2D eigenvalue weighted by molar-refractivity contribution is 0.0973. The smallest absolute Gasteiger partial charge is 0.194 e. The van der Waals surface area contributed by atoms with Gasteiger partial charge in [0.05, 0.1) is 12.1 Å². The summed E-state index contributed by atoms with van der Waals surface area (Å²) in [7, 11) is 2.00. The molecule has 0 fully saturated rings. The zero-order valence-electron chi connectivity index (χ0n) is 14.2. The number of benzene rings is 2. The van der Waals surface area contributed by atoms with Gasteiger partial charge >= 0.3 is 0 Å². The average molecular weight is 332 g/mol. The van der Waals surface area contributed by atoms with Gasteiger partial charge in [-0.3, -0.25) is 9.59 Å². The highest BCUT2D eigenvalue weighted by molar-refractivity contribution is 5.97. The van der Waals surface area contributed by atoms with Gasteiger partial charge in [0.25, 0.3) is 0 Å². The minimum Gasteiger partial charge on any atom is -0.361 e. The molecule has 4 rings (SSSR count). The number of hydrogen-bond donors (Lipinski definition) is 0. The van der Waals surface area contributed by atoms with Crippen LogP contribution in [0.4, 0.5) is 5.82 Å². The summed E-state index contributed by atoms with van der Waals surface area (Å²) < 4.78 is 2.01. The molecule has 25 heavy (non-hydrogen) atoms. The summed E-state index contributed by atoms with van der Waals surface area (Å²) in [6.45, 7) is 1.13. The molecule has 3 aromatic rings. The van der Waals surface area contributed by atoms with E-state index in [1.165, 1.54) is 0 Å². The molecular weight excluding hydrogens is 312 g/mol. The normalized spacial score (nSPS) is 13.7. The Morgan fingerprint density at radius 1 is 1.04 bits per heavy atom. The van der Waals surface area contributed by atoms with Crippen LogP contribution in [-0.4, -0.2) is 23.9 Å². The van der Waals surface area contributed by atoms with Crippen LogP contribution < -0.4 is 10.3 Å². The van der Waals surface area contributed by atoms with Crippen molar-refractivity contribution in [2.24, 2.45) is 0 Å². The molecule has 1 aromatic heterocycles. The fourth-order valence-corrected chi connectivity index (χ4v) is 3.72. The van der Waals surface area contributed by atoms with Crippen LogP contribution in [0.1, 0.15) is 22.3 Å². The van der Waals surface area contributed by atoms with Gasteiger partial charge < -0.3 is 9.47 Å². The van der Waals surface area contributed by atoms with Crippen molar-refractivity contribution in [3.63, 3.8) is 0 Å². The first-order valence-corrected chi connectivity index (χ1v) is 8.60. The standard InChI is InChI=1S/C21H20N2O2/c1-22-13-7-11-17-20(25)16-10-5-6-12-18(16)23(21(17)22)14-19(24)15-8-3-2-4-9-15/h2-6,8-10,12H,7,11,13-14H2,1H3. The molecule has 2 aromatic carbocycles. The van der Waals surface area contributed by atoms with Gasteiger partial charge in [0.2, 0.25) is 0 Å². The lowest BCUT2D eigenvalue weighted by Crippen LogP contribution is -2.34. The lowest BCUT2D eigenvalue weighted by atomic mass is 10.0. The lowest BCUT2D eigenvalue weighted by Gasteiger charge is -2.31. The van der Waals surface area contributed by atoms with E-state index in [0.29, 0.717) is 10.9 Å². The second kappa shape index (κ2) is 6.20. The molecule has 1 aliphatic heterocycles. The third kappa shape index (κ3) is 2.64. The molecule has 0 bridgehead atoms. The van der Waals surface area contributed by atoms with Crippen molar-refractivity contribution in [3.05, 3.63) is 75.9 Å². The van der Waals surface area contributed by atoms with E-state index in [9.17, 15) is 9.59 Å². The topological polar surface area (TPSA) is 42.3 Å². The number of carbonyl (C=O) groups is 1. The second-order valence-corrected chi connectivity index (χ2v) is 6.55. The van der Waals surface area contributed by atoms with Crippen LogP contribution in [0.3, 0.4) is 0 Å². The van der Waals surface area contributed by atoms with Crippen LogP contribution in [0.5, 0.6) is 0 Å². The van der Waals surface area contributed by atoms with Gasteiger partial charge in [0.15, 0.2) is 11.2 Å².